The monoisotopic (exact) mass is 424 g/mol. The van der Waals surface area contributed by atoms with E-state index < -0.39 is 46.8 Å². The van der Waals surface area contributed by atoms with Crippen molar-refractivity contribution < 1.29 is 27.5 Å². The molecule has 1 N–H and O–H groups in total. The van der Waals surface area contributed by atoms with Crippen molar-refractivity contribution in [3.8, 4) is 6.07 Å². The first-order chi connectivity index (χ1) is 14.1. The highest BCUT2D eigenvalue weighted by molar-refractivity contribution is 5.92. The molecule has 1 fully saturated rings. The van der Waals surface area contributed by atoms with E-state index in [1.54, 1.807) is 6.92 Å². The lowest BCUT2D eigenvalue weighted by atomic mass is 9.56. The van der Waals surface area contributed by atoms with E-state index in [1.807, 2.05) is 13.0 Å². The molecule has 1 heterocycles. The van der Waals surface area contributed by atoms with Crippen molar-refractivity contribution in [1.82, 2.24) is 0 Å². The van der Waals surface area contributed by atoms with Crippen LogP contribution in [0, 0.1) is 34.4 Å². The summed E-state index contributed by atoms with van der Waals surface area (Å²) in [7, 11) is 0. The van der Waals surface area contributed by atoms with Crippen molar-refractivity contribution >= 4 is 11.7 Å². The Morgan fingerprint density at radius 1 is 1.37 bits per heavy atom. The number of hydrogen-bond donors (Lipinski definition) is 1. The zero-order valence-corrected chi connectivity index (χ0v) is 16.8. The van der Waals surface area contributed by atoms with E-state index in [0.29, 0.717) is 24.6 Å². The predicted molar refractivity (Wildman–Crippen MR) is 102 cm³/mol. The molecule has 0 amide bonds. The molecule has 4 nitrogen and oxygen atoms in total. The fourth-order valence-electron chi connectivity index (χ4n) is 4.88. The average molecular weight is 424 g/mol. The third-order valence-corrected chi connectivity index (χ3v) is 6.37. The number of rotatable bonds is 6. The number of carboxylic acids is 1. The van der Waals surface area contributed by atoms with Crippen LogP contribution < -0.4 is 0 Å². The third-order valence-electron chi connectivity index (χ3n) is 6.37. The molecule has 4 atom stereocenters. The highest BCUT2D eigenvalue weighted by Crippen LogP contribution is 2.57. The van der Waals surface area contributed by atoms with Gasteiger partial charge in [0, 0.05) is 11.6 Å². The fraction of sp³-hybridized carbons (Fsp3) is 0.591. The highest BCUT2D eigenvalue weighted by Gasteiger charge is 2.60. The van der Waals surface area contributed by atoms with Gasteiger partial charge in [-0.05, 0) is 43.4 Å². The average Bonchev–Trinajstić information content (AvgIpc) is 3.47. The van der Waals surface area contributed by atoms with E-state index in [4.69, 9.17) is 0 Å². The third kappa shape index (κ3) is 3.82. The number of aliphatic carboxylic acids is 1. The molecule has 8 heteroatoms. The van der Waals surface area contributed by atoms with Crippen LogP contribution in [-0.4, -0.2) is 22.8 Å². The van der Waals surface area contributed by atoms with Gasteiger partial charge < -0.3 is 5.11 Å². The number of carboxylic acid groups (broad SMARTS) is 1. The normalized spacial score (nSPS) is 29.2. The molecule has 1 aromatic rings. The Bertz CT molecular complexity index is 901. The van der Waals surface area contributed by atoms with E-state index in [0.717, 1.165) is 25.0 Å². The smallest absolute Gasteiger partial charge is 0.416 e. The largest absolute Gasteiger partial charge is 0.481 e. The van der Waals surface area contributed by atoms with Gasteiger partial charge >= 0.3 is 12.1 Å². The van der Waals surface area contributed by atoms with Gasteiger partial charge in [-0.2, -0.15) is 18.4 Å². The maximum absolute atomic E-state index is 13.9. The van der Waals surface area contributed by atoms with Gasteiger partial charge in [0.1, 0.15) is 5.82 Å². The van der Waals surface area contributed by atoms with Gasteiger partial charge in [-0.25, -0.2) is 4.39 Å². The van der Waals surface area contributed by atoms with Gasteiger partial charge in [-0.1, -0.05) is 32.3 Å². The van der Waals surface area contributed by atoms with Crippen molar-refractivity contribution in [2.24, 2.45) is 22.2 Å². The number of hydrogen-bond acceptors (Lipinski definition) is 3. The molecule has 1 saturated carbocycles. The molecule has 0 saturated heterocycles. The minimum absolute atomic E-state index is 0.0747. The summed E-state index contributed by atoms with van der Waals surface area (Å²) in [6.07, 6.45) is -2.15. The number of nitriles is 1. The second kappa shape index (κ2) is 8.01. The number of alkyl halides is 3. The van der Waals surface area contributed by atoms with Crippen molar-refractivity contribution in [2.45, 2.75) is 64.1 Å². The summed E-state index contributed by atoms with van der Waals surface area (Å²) in [5.41, 5.74) is -2.89. The Morgan fingerprint density at radius 3 is 2.53 bits per heavy atom. The SMILES string of the molecule is CCCC1N=C(C)C(C#N)C(c2ccc(F)cc2C(F)(F)F)C1(CC1CC1)C(=O)O. The maximum Gasteiger partial charge on any atom is 0.416 e. The van der Waals surface area contributed by atoms with Gasteiger partial charge in [0.25, 0.3) is 0 Å². The van der Waals surface area contributed by atoms with Crippen LogP contribution in [0.2, 0.25) is 0 Å². The Hall–Kier alpha value is -2.43. The number of aliphatic imine (C=N–C) groups is 1. The lowest BCUT2D eigenvalue weighted by Gasteiger charge is -2.47. The van der Waals surface area contributed by atoms with Crippen LogP contribution in [0.3, 0.4) is 0 Å². The maximum atomic E-state index is 13.9. The van der Waals surface area contributed by atoms with E-state index in [1.165, 1.54) is 0 Å². The topological polar surface area (TPSA) is 73.5 Å². The zero-order chi connectivity index (χ0) is 22.3. The van der Waals surface area contributed by atoms with Crippen molar-refractivity contribution in [3.05, 3.63) is 35.1 Å². The second-order valence-electron chi connectivity index (χ2n) is 8.38. The van der Waals surface area contributed by atoms with Gasteiger partial charge in [0.05, 0.1) is 29.0 Å². The standard InChI is InChI=1S/C22H24F4N2O2/c1-3-4-18-21(20(29)30,10-13-5-6-13)19(16(11-27)12(2)28-18)15-8-7-14(23)9-17(15)22(24,25)26/h7-9,13,16,18-19H,3-6,10H2,1-2H3,(H,29,30). The Balaban J connectivity index is 2.33. The quantitative estimate of drug-likeness (QED) is 0.606. The molecule has 2 aliphatic rings. The predicted octanol–water partition coefficient (Wildman–Crippen LogP) is 5.58. The first-order valence-electron chi connectivity index (χ1n) is 10.1. The van der Waals surface area contributed by atoms with E-state index in [-0.39, 0.29) is 17.9 Å². The molecule has 162 valence electrons. The van der Waals surface area contributed by atoms with E-state index >= 15 is 0 Å². The van der Waals surface area contributed by atoms with Crippen LogP contribution in [0.1, 0.15) is 63.0 Å². The molecule has 0 spiro atoms. The molecular formula is C22H24F4N2O2. The summed E-state index contributed by atoms with van der Waals surface area (Å²) in [5, 5.41) is 20.3. The first kappa shape index (κ1) is 22.3. The molecule has 0 bridgehead atoms. The summed E-state index contributed by atoms with van der Waals surface area (Å²) in [4.78, 5) is 17.3. The highest BCUT2D eigenvalue weighted by atomic mass is 19.4. The van der Waals surface area contributed by atoms with Gasteiger partial charge in [0.2, 0.25) is 0 Å². The summed E-state index contributed by atoms with van der Waals surface area (Å²) >= 11 is 0. The number of nitrogens with zero attached hydrogens (tertiary/aromatic N) is 2. The zero-order valence-electron chi connectivity index (χ0n) is 16.8. The molecule has 0 aromatic heterocycles. The molecule has 30 heavy (non-hydrogen) atoms. The van der Waals surface area contributed by atoms with Crippen molar-refractivity contribution in [3.63, 3.8) is 0 Å². The van der Waals surface area contributed by atoms with Crippen LogP contribution in [-0.2, 0) is 11.0 Å². The summed E-state index contributed by atoms with van der Waals surface area (Å²) in [6, 6.07) is 3.55. The molecule has 0 radical (unpaired) electrons. The number of benzene rings is 1. The lowest BCUT2D eigenvalue weighted by molar-refractivity contribution is -0.155. The van der Waals surface area contributed by atoms with Crippen LogP contribution in [0.4, 0.5) is 17.6 Å². The molecule has 4 unspecified atom stereocenters. The van der Waals surface area contributed by atoms with Gasteiger partial charge in [-0.3, -0.25) is 9.79 Å². The minimum Gasteiger partial charge on any atom is -0.481 e. The Kier molecular flexibility index (Phi) is 5.94. The molecule has 1 aliphatic carbocycles. The van der Waals surface area contributed by atoms with E-state index in [9.17, 15) is 32.7 Å². The number of carbonyl (C=O) groups is 1. The summed E-state index contributed by atoms with van der Waals surface area (Å²) < 4.78 is 55.3. The lowest BCUT2D eigenvalue weighted by Crippen LogP contribution is -2.53. The minimum atomic E-state index is -4.88. The summed E-state index contributed by atoms with van der Waals surface area (Å²) in [6.45, 7) is 3.42. The van der Waals surface area contributed by atoms with Crippen LogP contribution in [0.5, 0.6) is 0 Å². The van der Waals surface area contributed by atoms with Gasteiger partial charge in [-0.15, -0.1) is 0 Å². The number of halogens is 4. The van der Waals surface area contributed by atoms with Crippen molar-refractivity contribution in [2.75, 3.05) is 0 Å². The summed E-state index contributed by atoms with van der Waals surface area (Å²) in [5.74, 6) is -4.64. The Labute approximate surface area is 172 Å². The fourth-order valence-corrected chi connectivity index (χ4v) is 4.88. The molecule has 1 aliphatic heterocycles. The molecule has 1 aromatic carbocycles. The molecular weight excluding hydrogens is 400 g/mol. The van der Waals surface area contributed by atoms with Crippen LogP contribution in [0.25, 0.3) is 0 Å². The van der Waals surface area contributed by atoms with Crippen LogP contribution >= 0.6 is 0 Å². The second-order valence-corrected chi connectivity index (χ2v) is 8.38. The first-order valence-corrected chi connectivity index (χ1v) is 10.1. The Morgan fingerprint density at radius 2 is 2.03 bits per heavy atom. The van der Waals surface area contributed by atoms with Crippen LogP contribution in [0.15, 0.2) is 23.2 Å². The molecule has 3 rings (SSSR count). The van der Waals surface area contributed by atoms with E-state index in [2.05, 4.69) is 4.99 Å². The van der Waals surface area contributed by atoms with Gasteiger partial charge in [0.15, 0.2) is 0 Å². The van der Waals surface area contributed by atoms with Crippen molar-refractivity contribution in [1.29, 1.82) is 5.26 Å².